The van der Waals surface area contributed by atoms with Gasteiger partial charge in [0.2, 0.25) is 5.91 Å². The van der Waals surface area contributed by atoms with Gasteiger partial charge in [-0.3, -0.25) is 4.79 Å². The second-order valence-corrected chi connectivity index (χ2v) is 5.85. The second kappa shape index (κ2) is 5.68. The number of rotatable bonds is 3. The minimum absolute atomic E-state index is 0.0611. The Labute approximate surface area is 130 Å². The van der Waals surface area contributed by atoms with Gasteiger partial charge in [0.25, 0.3) is 0 Å². The maximum absolute atomic E-state index is 11.4. The first-order valence-corrected chi connectivity index (χ1v) is 7.55. The average Bonchev–Trinajstić information content (AvgIpc) is 2.91. The molecule has 2 aromatic carbocycles. The number of nitrogens with one attached hydrogen (secondary N) is 2. The van der Waals surface area contributed by atoms with Crippen molar-refractivity contribution < 1.29 is 4.79 Å². The third-order valence-corrected chi connectivity index (χ3v) is 3.90. The zero-order chi connectivity index (χ0) is 15.7. The third kappa shape index (κ3) is 2.50. The number of hydrogen-bond acceptors (Lipinski definition) is 1. The molecule has 1 amide bonds. The molecular formula is C19H20N2O. The highest BCUT2D eigenvalue weighted by atomic mass is 16.1. The highest BCUT2D eigenvalue weighted by Crippen LogP contribution is 2.35. The fourth-order valence-corrected chi connectivity index (χ4v) is 2.89. The molecule has 0 spiro atoms. The molecule has 0 bridgehead atoms. The van der Waals surface area contributed by atoms with Crippen molar-refractivity contribution in [1.29, 1.82) is 0 Å². The number of hydrogen-bond donors (Lipinski definition) is 2. The van der Waals surface area contributed by atoms with Gasteiger partial charge in [0.15, 0.2) is 0 Å². The summed E-state index contributed by atoms with van der Waals surface area (Å²) in [6.07, 6.45) is 2.08. The first-order valence-electron chi connectivity index (χ1n) is 7.55. The van der Waals surface area contributed by atoms with E-state index in [0.29, 0.717) is 5.92 Å². The number of benzene rings is 2. The summed E-state index contributed by atoms with van der Waals surface area (Å²) in [5.74, 6) is 0.406. The summed E-state index contributed by atoms with van der Waals surface area (Å²) in [6.45, 7) is 5.92. The van der Waals surface area contributed by atoms with Crippen LogP contribution in [0.3, 0.4) is 0 Å². The molecule has 0 radical (unpaired) electrons. The molecule has 1 heterocycles. The van der Waals surface area contributed by atoms with E-state index in [-0.39, 0.29) is 5.91 Å². The Morgan fingerprint density at radius 1 is 1.05 bits per heavy atom. The van der Waals surface area contributed by atoms with E-state index in [0.717, 1.165) is 22.3 Å². The molecule has 1 aromatic heterocycles. The van der Waals surface area contributed by atoms with Crippen molar-refractivity contribution in [2.24, 2.45) is 0 Å². The second-order valence-electron chi connectivity index (χ2n) is 5.85. The molecule has 0 aliphatic carbocycles. The Balaban J connectivity index is 2.21. The van der Waals surface area contributed by atoms with E-state index in [9.17, 15) is 4.79 Å². The van der Waals surface area contributed by atoms with E-state index in [4.69, 9.17) is 0 Å². The van der Waals surface area contributed by atoms with Gasteiger partial charge >= 0.3 is 0 Å². The molecule has 0 aliphatic heterocycles. The number of carbonyl (C=O) groups excluding carboxylic acids is 1. The van der Waals surface area contributed by atoms with Gasteiger partial charge in [0.1, 0.15) is 0 Å². The Morgan fingerprint density at radius 2 is 1.77 bits per heavy atom. The number of carbonyl (C=O) groups is 1. The molecule has 22 heavy (non-hydrogen) atoms. The lowest BCUT2D eigenvalue weighted by Gasteiger charge is -2.11. The van der Waals surface area contributed by atoms with Crippen LogP contribution in [-0.2, 0) is 4.79 Å². The lowest BCUT2D eigenvalue weighted by Crippen LogP contribution is -2.06. The van der Waals surface area contributed by atoms with Gasteiger partial charge in [-0.05, 0) is 17.5 Å². The van der Waals surface area contributed by atoms with Crippen LogP contribution >= 0.6 is 0 Å². The van der Waals surface area contributed by atoms with Crippen molar-refractivity contribution in [3.05, 3.63) is 54.2 Å². The van der Waals surface area contributed by atoms with Crippen LogP contribution in [0.1, 0.15) is 32.3 Å². The average molecular weight is 292 g/mol. The smallest absolute Gasteiger partial charge is 0.221 e. The Bertz CT molecular complexity index is 830. The lowest BCUT2D eigenvalue weighted by molar-refractivity contribution is -0.114. The molecule has 3 aromatic rings. The molecular weight excluding hydrogens is 272 g/mol. The van der Waals surface area contributed by atoms with Crippen LogP contribution < -0.4 is 5.32 Å². The maximum Gasteiger partial charge on any atom is 0.221 e. The van der Waals surface area contributed by atoms with Gasteiger partial charge in [-0.25, -0.2) is 0 Å². The van der Waals surface area contributed by atoms with Crippen LogP contribution in [0.15, 0.2) is 48.7 Å². The lowest BCUT2D eigenvalue weighted by atomic mass is 9.97. The van der Waals surface area contributed by atoms with E-state index in [1.807, 2.05) is 24.3 Å². The molecule has 112 valence electrons. The van der Waals surface area contributed by atoms with Gasteiger partial charge in [-0.1, -0.05) is 50.2 Å². The maximum atomic E-state index is 11.4. The van der Waals surface area contributed by atoms with E-state index < -0.39 is 0 Å². The first-order chi connectivity index (χ1) is 10.6. The van der Waals surface area contributed by atoms with E-state index >= 15 is 0 Å². The monoisotopic (exact) mass is 292 g/mol. The summed E-state index contributed by atoms with van der Waals surface area (Å²) in [6, 6.07) is 14.2. The van der Waals surface area contributed by atoms with Gasteiger partial charge < -0.3 is 10.3 Å². The number of para-hydroxylation sites is 2. The van der Waals surface area contributed by atoms with Crippen molar-refractivity contribution in [3.8, 4) is 11.1 Å². The van der Waals surface area contributed by atoms with Crippen LogP contribution in [-0.4, -0.2) is 10.9 Å². The van der Waals surface area contributed by atoms with Crippen LogP contribution in [0.4, 0.5) is 5.69 Å². The molecule has 0 fully saturated rings. The van der Waals surface area contributed by atoms with Crippen LogP contribution in [0.25, 0.3) is 22.0 Å². The summed E-state index contributed by atoms with van der Waals surface area (Å²) in [7, 11) is 0. The van der Waals surface area contributed by atoms with Gasteiger partial charge in [0.05, 0.1) is 5.52 Å². The molecule has 2 N–H and O–H groups in total. The summed E-state index contributed by atoms with van der Waals surface area (Å²) >= 11 is 0. The molecule has 0 atom stereocenters. The Hall–Kier alpha value is -2.55. The molecule has 0 unspecified atom stereocenters. The molecule has 3 nitrogen and oxygen atoms in total. The summed E-state index contributed by atoms with van der Waals surface area (Å²) in [4.78, 5) is 14.8. The quantitative estimate of drug-likeness (QED) is 0.707. The number of aromatic amines is 1. The predicted molar refractivity (Wildman–Crippen MR) is 92.1 cm³/mol. The molecule has 0 aliphatic rings. The number of amides is 1. The minimum Gasteiger partial charge on any atom is -0.360 e. The van der Waals surface area contributed by atoms with E-state index in [1.54, 1.807) is 0 Å². The fourth-order valence-electron chi connectivity index (χ4n) is 2.89. The molecule has 3 rings (SSSR count). The highest BCUT2D eigenvalue weighted by Gasteiger charge is 2.13. The molecule has 3 heteroatoms. The van der Waals surface area contributed by atoms with Crippen molar-refractivity contribution in [3.63, 3.8) is 0 Å². The standard InChI is InChI=1S/C19H20N2O/c1-12(2)17-11-20-19-15(8-6-9-16(17)19)14-7-4-5-10-18(14)21-13(3)22/h4-12,20H,1-3H3,(H,21,22). The number of anilines is 1. The first kappa shape index (κ1) is 14.4. The van der Waals surface area contributed by atoms with Gasteiger partial charge in [-0.15, -0.1) is 0 Å². The van der Waals surface area contributed by atoms with E-state index in [1.165, 1.54) is 17.9 Å². The van der Waals surface area contributed by atoms with Crippen LogP contribution in [0, 0.1) is 0 Å². The van der Waals surface area contributed by atoms with Crippen molar-refractivity contribution in [2.75, 3.05) is 5.32 Å². The van der Waals surface area contributed by atoms with Crippen molar-refractivity contribution in [1.82, 2.24) is 4.98 Å². The zero-order valence-corrected chi connectivity index (χ0v) is 13.1. The highest BCUT2D eigenvalue weighted by molar-refractivity contribution is 6.02. The topological polar surface area (TPSA) is 44.9 Å². The number of H-pyrrole nitrogens is 1. The summed E-state index contributed by atoms with van der Waals surface area (Å²) in [5, 5.41) is 4.15. The Morgan fingerprint density at radius 3 is 2.50 bits per heavy atom. The normalized spacial score (nSPS) is 11.1. The molecule has 0 saturated heterocycles. The molecule has 0 saturated carbocycles. The summed E-state index contributed by atoms with van der Waals surface area (Å²) < 4.78 is 0. The third-order valence-electron chi connectivity index (χ3n) is 3.90. The van der Waals surface area contributed by atoms with E-state index in [2.05, 4.69) is 48.5 Å². The summed E-state index contributed by atoms with van der Waals surface area (Å²) in [5.41, 5.74) is 5.40. The number of fused-ring (bicyclic) bond motifs is 1. The number of aromatic nitrogens is 1. The largest absolute Gasteiger partial charge is 0.360 e. The van der Waals surface area contributed by atoms with Crippen molar-refractivity contribution >= 4 is 22.5 Å². The van der Waals surface area contributed by atoms with Gasteiger partial charge in [0, 0.05) is 35.3 Å². The SMILES string of the molecule is CC(=O)Nc1ccccc1-c1cccc2c(C(C)C)c[nH]c12. The Kier molecular flexibility index (Phi) is 3.72. The zero-order valence-electron chi connectivity index (χ0n) is 13.1. The van der Waals surface area contributed by atoms with Crippen molar-refractivity contribution in [2.45, 2.75) is 26.7 Å². The van der Waals surface area contributed by atoms with Crippen LogP contribution in [0.5, 0.6) is 0 Å². The van der Waals surface area contributed by atoms with Crippen LogP contribution in [0.2, 0.25) is 0 Å². The fraction of sp³-hybridized carbons (Fsp3) is 0.211. The van der Waals surface area contributed by atoms with Gasteiger partial charge in [-0.2, -0.15) is 0 Å². The minimum atomic E-state index is -0.0611. The predicted octanol–water partition coefficient (Wildman–Crippen LogP) is 4.92.